The Labute approximate surface area is 171 Å². The van der Waals surface area contributed by atoms with Gasteiger partial charge < -0.3 is 14.5 Å². The highest BCUT2D eigenvalue weighted by Crippen LogP contribution is 2.33. The number of aromatic nitrogens is 4. The van der Waals surface area contributed by atoms with Crippen LogP contribution in [0.5, 0.6) is 11.5 Å². The Balaban J connectivity index is 1.54. The summed E-state index contributed by atoms with van der Waals surface area (Å²) in [6, 6.07) is 13.2. The van der Waals surface area contributed by atoms with Crippen LogP contribution in [0.15, 0.2) is 53.8 Å². The molecule has 0 aliphatic heterocycles. The summed E-state index contributed by atoms with van der Waals surface area (Å²) in [7, 11) is 3.19. The molecule has 0 aliphatic rings. The average molecular weight is 408 g/mol. The molecule has 4 rings (SSSR count). The molecule has 8 heteroatoms. The number of Topliss-reactive ketones (excluding diaryl/α,β-unsaturated/α-hetero) is 1. The largest absolute Gasteiger partial charge is 0.497 e. The van der Waals surface area contributed by atoms with E-state index < -0.39 is 0 Å². The standard InChI is InChI=1S/C21H20N4O3S/c1-12(19(26)16-11-22-17-7-5-4-6-14(16)17)29-21-23-20(24-25-21)15-9-8-13(27-2)10-18(15)28-3/h4-12,22H,1-3H3,(H,23,24,25). The van der Waals surface area contributed by atoms with Crippen LogP contribution >= 0.6 is 11.8 Å². The lowest BCUT2D eigenvalue weighted by Crippen LogP contribution is -2.13. The SMILES string of the molecule is COc1ccc(-c2nc(SC(C)C(=O)c3c[nH]c4ccccc34)n[nH]2)c(OC)c1. The number of methoxy groups -OCH3 is 2. The number of thioether (sulfide) groups is 1. The van der Waals surface area contributed by atoms with Gasteiger partial charge >= 0.3 is 0 Å². The number of H-pyrrole nitrogens is 2. The zero-order valence-electron chi connectivity index (χ0n) is 16.2. The number of carbonyl (C=O) groups is 1. The van der Waals surface area contributed by atoms with Crippen molar-refractivity contribution in [1.82, 2.24) is 20.2 Å². The van der Waals surface area contributed by atoms with Crippen molar-refractivity contribution in [2.45, 2.75) is 17.3 Å². The number of fused-ring (bicyclic) bond motifs is 1. The molecular weight excluding hydrogens is 388 g/mol. The van der Waals surface area contributed by atoms with E-state index in [2.05, 4.69) is 20.2 Å². The van der Waals surface area contributed by atoms with Crippen LogP contribution in [0.25, 0.3) is 22.3 Å². The van der Waals surface area contributed by atoms with Gasteiger partial charge in [-0.3, -0.25) is 9.89 Å². The Kier molecular flexibility index (Phi) is 5.26. The Hall–Kier alpha value is -3.26. The molecule has 4 aromatic rings. The lowest BCUT2D eigenvalue weighted by Gasteiger charge is -2.08. The van der Waals surface area contributed by atoms with Crippen LogP contribution < -0.4 is 9.47 Å². The maximum Gasteiger partial charge on any atom is 0.209 e. The number of nitrogens with one attached hydrogen (secondary N) is 2. The molecular formula is C21H20N4O3S. The summed E-state index contributed by atoms with van der Waals surface area (Å²) >= 11 is 1.31. The van der Waals surface area contributed by atoms with Crippen LogP contribution in [0.4, 0.5) is 0 Å². The van der Waals surface area contributed by atoms with Crippen molar-refractivity contribution in [3.63, 3.8) is 0 Å². The van der Waals surface area contributed by atoms with Gasteiger partial charge in [-0.2, -0.15) is 0 Å². The van der Waals surface area contributed by atoms with Crippen molar-refractivity contribution in [2.24, 2.45) is 0 Å². The van der Waals surface area contributed by atoms with Crippen LogP contribution in [-0.4, -0.2) is 45.4 Å². The smallest absolute Gasteiger partial charge is 0.209 e. The first-order chi connectivity index (χ1) is 14.1. The third-order valence-electron chi connectivity index (χ3n) is 4.63. The molecule has 0 aliphatic carbocycles. The molecule has 29 heavy (non-hydrogen) atoms. The molecule has 0 fully saturated rings. The lowest BCUT2D eigenvalue weighted by atomic mass is 10.1. The maximum atomic E-state index is 12.9. The first-order valence-corrected chi connectivity index (χ1v) is 9.90. The van der Waals surface area contributed by atoms with Crippen molar-refractivity contribution in [3.8, 4) is 22.9 Å². The number of ether oxygens (including phenoxy) is 2. The minimum absolute atomic E-state index is 0.0285. The number of aromatic amines is 2. The number of ketones is 1. The molecule has 2 aromatic heterocycles. The maximum absolute atomic E-state index is 12.9. The minimum atomic E-state index is -0.337. The van der Waals surface area contributed by atoms with Gasteiger partial charge in [-0.1, -0.05) is 30.0 Å². The predicted octanol–water partition coefficient (Wildman–Crippen LogP) is 4.33. The van der Waals surface area contributed by atoms with Gasteiger partial charge in [0.05, 0.1) is 25.0 Å². The Morgan fingerprint density at radius 2 is 1.97 bits per heavy atom. The summed E-state index contributed by atoms with van der Waals surface area (Å²) in [4.78, 5) is 20.6. The molecule has 0 saturated carbocycles. The Morgan fingerprint density at radius 3 is 2.76 bits per heavy atom. The van der Waals surface area contributed by atoms with Crippen molar-refractivity contribution in [1.29, 1.82) is 0 Å². The molecule has 1 unspecified atom stereocenters. The van der Waals surface area contributed by atoms with Gasteiger partial charge in [-0.05, 0) is 25.1 Å². The molecule has 2 N–H and O–H groups in total. The van der Waals surface area contributed by atoms with Gasteiger partial charge in [-0.25, -0.2) is 4.98 Å². The van der Waals surface area contributed by atoms with Gasteiger partial charge in [0.2, 0.25) is 5.16 Å². The highest BCUT2D eigenvalue weighted by atomic mass is 32.2. The fraction of sp³-hybridized carbons (Fsp3) is 0.190. The quantitative estimate of drug-likeness (QED) is 0.349. The number of carbonyl (C=O) groups excluding carboxylic acids is 1. The lowest BCUT2D eigenvalue weighted by molar-refractivity contribution is 0.0995. The number of hydrogen-bond donors (Lipinski definition) is 2. The van der Waals surface area contributed by atoms with E-state index in [4.69, 9.17) is 9.47 Å². The van der Waals surface area contributed by atoms with Gasteiger partial charge in [-0.15, -0.1) is 5.10 Å². The monoisotopic (exact) mass is 408 g/mol. The van der Waals surface area contributed by atoms with E-state index in [1.165, 1.54) is 11.8 Å². The molecule has 2 aromatic carbocycles. The van der Waals surface area contributed by atoms with Crippen molar-refractivity contribution < 1.29 is 14.3 Å². The molecule has 0 saturated heterocycles. The van der Waals surface area contributed by atoms with E-state index in [9.17, 15) is 4.79 Å². The molecule has 7 nitrogen and oxygen atoms in total. The second-order valence-corrected chi connectivity index (χ2v) is 7.71. The van der Waals surface area contributed by atoms with E-state index in [0.29, 0.717) is 28.0 Å². The molecule has 1 atom stereocenters. The van der Waals surface area contributed by atoms with Crippen LogP contribution in [0.3, 0.4) is 0 Å². The van der Waals surface area contributed by atoms with Crippen molar-refractivity contribution >= 4 is 28.4 Å². The van der Waals surface area contributed by atoms with E-state index in [0.717, 1.165) is 16.5 Å². The summed E-state index contributed by atoms with van der Waals surface area (Å²) in [5.74, 6) is 1.91. The summed E-state index contributed by atoms with van der Waals surface area (Å²) in [5, 5.41) is 8.26. The van der Waals surface area contributed by atoms with Crippen LogP contribution in [0.1, 0.15) is 17.3 Å². The highest BCUT2D eigenvalue weighted by molar-refractivity contribution is 8.00. The van der Waals surface area contributed by atoms with Gasteiger partial charge in [0, 0.05) is 28.7 Å². The number of nitrogens with zero attached hydrogens (tertiary/aromatic N) is 2. The number of hydrogen-bond acceptors (Lipinski definition) is 6. The van der Waals surface area contributed by atoms with Gasteiger partial charge in [0.25, 0.3) is 0 Å². The van der Waals surface area contributed by atoms with Crippen molar-refractivity contribution in [3.05, 3.63) is 54.2 Å². The van der Waals surface area contributed by atoms with Crippen LogP contribution in [0, 0.1) is 0 Å². The molecule has 0 bridgehead atoms. The van der Waals surface area contributed by atoms with E-state index in [-0.39, 0.29) is 11.0 Å². The molecule has 0 amide bonds. The topological polar surface area (TPSA) is 92.9 Å². The van der Waals surface area contributed by atoms with E-state index in [1.807, 2.05) is 43.3 Å². The molecule has 0 radical (unpaired) electrons. The molecule has 0 spiro atoms. The minimum Gasteiger partial charge on any atom is -0.497 e. The highest BCUT2D eigenvalue weighted by Gasteiger charge is 2.22. The number of para-hydroxylation sites is 1. The van der Waals surface area contributed by atoms with Crippen LogP contribution in [0.2, 0.25) is 0 Å². The first-order valence-electron chi connectivity index (χ1n) is 9.02. The Bertz CT molecular complexity index is 1170. The van der Waals surface area contributed by atoms with Gasteiger partial charge in [0.1, 0.15) is 11.5 Å². The average Bonchev–Trinajstić information content (AvgIpc) is 3.39. The zero-order valence-corrected chi connectivity index (χ0v) is 17.0. The Morgan fingerprint density at radius 1 is 1.14 bits per heavy atom. The number of rotatable bonds is 7. The summed E-state index contributed by atoms with van der Waals surface area (Å²) in [6.45, 7) is 1.86. The zero-order chi connectivity index (χ0) is 20.4. The van der Waals surface area contributed by atoms with Crippen LogP contribution in [-0.2, 0) is 0 Å². The third-order valence-corrected chi connectivity index (χ3v) is 5.60. The summed E-state index contributed by atoms with van der Waals surface area (Å²) in [6.07, 6.45) is 1.76. The fourth-order valence-electron chi connectivity index (χ4n) is 3.12. The predicted molar refractivity (Wildman–Crippen MR) is 113 cm³/mol. The summed E-state index contributed by atoms with van der Waals surface area (Å²) < 4.78 is 10.7. The van der Waals surface area contributed by atoms with Gasteiger partial charge in [0.15, 0.2) is 11.6 Å². The summed E-state index contributed by atoms with van der Waals surface area (Å²) in [5.41, 5.74) is 2.39. The second-order valence-electron chi connectivity index (χ2n) is 6.41. The third kappa shape index (κ3) is 3.71. The van der Waals surface area contributed by atoms with E-state index in [1.54, 1.807) is 26.5 Å². The number of benzene rings is 2. The van der Waals surface area contributed by atoms with Crippen molar-refractivity contribution in [2.75, 3.05) is 14.2 Å². The first kappa shape index (κ1) is 19.1. The fourth-order valence-corrected chi connectivity index (χ4v) is 3.91. The van der Waals surface area contributed by atoms with E-state index >= 15 is 0 Å². The normalized spacial score (nSPS) is 12.1. The molecule has 148 valence electrons. The molecule has 2 heterocycles. The second kappa shape index (κ2) is 8.00.